The molecule has 0 amide bonds. The molecule has 6 heteroatoms. The second-order valence-corrected chi connectivity index (χ2v) is 6.33. The summed E-state index contributed by atoms with van der Waals surface area (Å²) >= 11 is 0. The molecule has 1 fully saturated rings. The zero-order valence-corrected chi connectivity index (χ0v) is 14.7. The number of tetrazole rings is 1. The van der Waals surface area contributed by atoms with Crippen LogP contribution in [0.1, 0.15) is 17.0 Å². The van der Waals surface area contributed by atoms with Crippen molar-refractivity contribution in [3.05, 3.63) is 65.5 Å². The van der Waals surface area contributed by atoms with E-state index in [1.165, 1.54) is 16.7 Å². The van der Waals surface area contributed by atoms with Crippen molar-refractivity contribution in [3.63, 3.8) is 0 Å². The van der Waals surface area contributed by atoms with Crippen molar-refractivity contribution >= 4 is 12.3 Å². The first-order valence-electron chi connectivity index (χ1n) is 8.71. The van der Waals surface area contributed by atoms with Gasteiger partial charge < -0.3 is 4.74 Å². The Morgan fingerprint density at radius 1 is 1.12 bits per heavy atom. The molecule has 0 atom stereocenters. The zero-order chi connectivity index (χ0) is 17.8. The van der Waals surface area contributed by atoms with E-state index in [0.717, 1.165) is 24.5 Å². The normalized spacial score (nSPS) is 15.1. The topological polar surface area (TPSA) is 56.1 Å². The minimum Gasteiger partial charge on any atom is -0.365 e. The zero-order valence-electron chi connectivity index (χ0n) is 14.7. The fourth-order valence-electron chi connectivity index (χ4n) is 3.12. The Balaban J connectivity index is 1.57. The number of hydrogen-bond acceptors (Lipinski definition) is 5. The van der Waals surface area contributed by atoms with E-state index in [1.54, 1.807) is 4.68 Å². The first kappa shape index (κ1) is 16.6. The maximum Gasteiger partial charge on any atom is 0.170 e. The van der Waals surface area contributed by atoms with Gasteiger partial charge in [0.25, 0.3) is 0 Å². The molecule has 4 rings (SSSR count). The van der Waals surface area contributed by atoms with Crippen molar-refractivity contribution in [2.75, 3.05) is 19.9 Å². The molecule has 1 aliphatic rings. The van der Waals surface area contributed by atoms with Crippen LogP contribution in [0.3, 0.4) is 0 Å². The van der Waals surface area contributed by atoms with Crippen LogP contribution in [0, 0.1) is 6.92 Å². The molecule has 0 bridgehead atoms. The van der Waals surface area contributed by atoms with Gasteiger partial charge >= 0.3 is 0 Å². The number of hydrogen-bond donors (Lipinski definition) is 0. The van der Waals surface area contributed by atoms with Crippen LogP contribution in [0.15, 0.2) is 48.5 Å². The summed E-state index contributed by atoms with van der Waals surface area (Å²) in [5.74, 6) is 0.809. The predicted molar refractivity (Wildman–Crippen MR) is 101 cm³/mol. The number of benzene rings is 2. The van der Waals surface area contributed by atoms with Crippen LogP contribution in [0.4, 0.5) is 0 Å². The molecule has 0 radical (unpaired) electrons. The van der Waals surface area contributed by atoms with Gasteiger partial charge in [0.15, 0.2) is 5.82 Å². The molecule has 1 aliphatic heterocycles. The van der Waals surface area contributed by atoms with Gasteiger partial charge in [-0.3, -0.25) is 4.90 Å². The molecular weight excluding hydrogens is 326 g/mol. The third-order valence-corrected chi connectivity index (χ3v) is 4.61. The van der Waals surface area contributed by atoms with Gasteiger partial charge in [-0.15, -0.1) is 5.10 Å². The van der Waals surface area contributed by atoms with Gasteiger partial charge in [-0.25, -0.2) is 4.68 Å². The fourth-order valence-corrected chi connectivity index (χ4v) is 3.12. The van der Waals surface area contributed by atoms with Crippen LogP contribution in [-0.4, -0.2) is 45.0 Å². The van der Waals surface area contributed by atoms with Crippen molar-refractivity contribution in [1.29, 1.82) is 0 Å². The van der Waals surface area contributed by atoms with E-state index in [4.69, 9.17) is 4.74 Å². The van der Waals surface area contributed by atoms with Gasteiger partial charge in [-0.05, 0) is 45.7 Å². The maximum absolute atomic E-state index is 5.38. The molecular formula is C20H21N5O. The number of aromatic nitrogens is 4. The smallest absolute Gasteiger partial charge is 0.170 e. The first-order chi connectivity index (χ1) is 12.8. The summed E-state index contributed by atoms with van der Waals surface area (Å²) in [6, 6.07) is 16.8. The Hall–Kier alpha value is -2.83. The minimum absolute atomic E-state index is 0.634. The quantitative estimate of drug-likeness (QED) is 0.710. The second-order valence-electron chi connectivity index (χ2n) is 6.33. The van der Waals surface area contributed by atoms with Crippen LogP contribution in [0.5, 0.6) is 0 Å². The molecule has 132 valence electrons. The summed E-state index contributed by atoms with van der Waals surface area (Å²) in [6.45, 7) is 5.14. The highest BCUT2D eigenvalue weighted by Gasteiger charge is 2.15. The predicted octanol–water partition coefficient (Wildman–Crippen LogP) is 3.07. The molecule has 1 aromatic heterocycles. The molecule has 0 N–H and O–H groups in total. The summed E-state index contributed by atoms with van der Waals surface area (Å²) in [7, 11) is 0. The number of rotatable bonds is 5. The van der Waals surface area contributed by atoms with Crippen molar-refractivity contribution in [2.24, 2.45) is 0 Å². The van der Waals surface area contributed by atoms with E-state index >= 15 is 0 Å². The van der Waals surface area contributed by atoms with Gasteiger partial charge in [0.1, 0.15) is 0 Å². The van der Waals surface area contributed by atoms with Crippen LogP contribution < -0.4 is 0 Å². The molecule has 2 heterocycles. The summed E-state index contributed by atoms with van der Waals surface area (Å²) in [6.07, 6.45) is 3.98. The van der Waals surface area contributed by atoms with Gasteiger partial charge in [0, 0.05) is 12.7 Å². The van der Waals surface area contributed by atoms with Gasteiger partial charge in [-0.2, -0.15) is 0 Å². The minimum atomic E-state index is 0.634. The largest absolute Gasteiger partial charge is 0.365 e. The summed E-state index contributed by atoms with van der Waals surface area (Å²) in [5.41, 5.74) is 4.84. The lowest BCUT2D eigenvalue weighted by Gasteiger charge is -2.11. The Morgan fingerprint density at radius 2 is 2.00 bits per heavy atom. The van der Waals surface area contributed by atoms with Crippen LogP contribution in [0.25, 0.3) is 23.4 Å². The molecule has 0 unspecified atom stereocenters. The summed E-state index contributed by atoms with van der Waals surface area (Å²) in [5, 5.41) is 12.0. The second kappa shape index (κ2) is 7.59. The summed E-state index contributed by atoms with van der Waals surface area (Å²) in [4.78, 5) is 2.18. The van der Waals surface area contributed by atoms with Crippen LogP contribution in [-0.2, 0) is 11.3 Å². The standard InChI is InChI=1S/C20H21N5O/c1-16-17(8-5-9-19(16)18-6-3-2-4-7-18)10-11-25-20(21-22-23-25)14-24-12-13-26-15-24/h2-11H,12-15H2,1H3/b11-10+. The molecule has 26 heavy (non-hydrogen) atoms. The van der Waals surface area contributed by atoms with E-state index in [9.17, 15) is 0 Å². The maximum atomic E-state index is 5.38. The van der Waals surface area contributed by atoms with Crippen LogP contribution in [0.2, 0.25) is 0 Å². The lowest BCUT2D eigenvalue weighted by Crippen LogP contribution is -2.21. The van der Waals surface area contributed by atoms with Crippen molar-refractivity contribution in [2.45, 2.75) is 13.5 Å². The molecule has 0 aliphatic carbocycles. The van der Waals surface area contributed by atoms with Gasteiger partial charge in [0.05, 0.1) is 19.9 Å². The molecule has 0 spiro atoms. The third-order valence-electron chi connectivity index (χ3n) is 4.61. The van der Waals surface area contributed by atoms with E-state index in [0.29, 0.717) is 13.3 Å². The molecule has 0 saturated carbocycles. The monoisotopic (exact) mass is 347 g/mol. The third kappa shape index (κ3) is 3.56. The van der Waals surface area contributed by atoms with Gasteiger partial charge in [0.2, 0.25) is 0 Å². The molecule has 2 aromatic carbocycles. The highest BCUT2D eigenvalue weighted by Crippen LogP contribution is 2.26. The highest BCUT2D eigenvalue weighted by molar-refractivity contribution is 5.74. The Bertz CT molecular complexity index is 898. The van der Waals surface area contributed by atoms with Gasteiger partial charge in [-0.1, -0.05) is 48.5 Å². The van der Waals surface area contributed by atoms with E-state index < -0.39 is 0 Å². The number of nitrogens with zero attached hydrogens (tertiary/aromatic N) is 5. The van der Waals surface area contributed by atoms with Crippen molar-refractivity contribution in [1.82, 2.24) is 25.1 Å². The average Bonchev–Trinajstić information content (AvgIpc) is 3.34. The Labute approximate surface area is 152 Å². The SMILES string of the molecule is Cc1c(/C=C/n2nnnc2CN2CCOC2)cccc1-c1ccccc1. The summed E-state index contributed by atoms with van der Waals surface area (Å²) < 4.78 is 7.11. The molecule has 3 aromatic rings. The lowest BCUT2D eigenvalue weighted by atomic mass is 9.96. The fraction of sp³-hybridized carbons (Fsp3) is 0.250. The van der Waals surface area contributed by atoms with Crippen LogP contribution >= 0.6 is 0 Å². The average molecular weight is 347 g/mol. The van der Waals surface area contributed by atoms with E-state index in [-0.39, 0.29) is 0 Å². The molecule has 1 saturated heterocycles. The van der Waals surface area contributed by atoms with E-state index in [2.05, 4.69) is 75.9 Å². The van der Waals surface area contributed by atoms with Crippen molar-refractivity contribution < 1.29 is 4.74 Å². The first-order valence-corrected chi connectivity index (χ1v) is 8.71. The Kier molecular flexibility index (Phi) is 4.86. The Morgan fingerprint density at radius 3 is 2.81 bits per heavy atom. The lowest BCUT2D eigenvalue weighted by molar-refractivity contribution is 0.135. The number of ether oxygens (including phenoxy) is 1. The van der Waals surface area contributed by atoms with Crippen molar-refractivity contribution in [3.8, 4) is 11.1 Å². The highest BCUT2D eigenvalue weighted by atomic mass is 16.5. The molecule has 6 nitrogen and oxygen atoms in total. The van der Waals surface area contributed by atoms with E-state index in [1.807, 2.05) is 12.3 Å².